The van der Waals surface area contributed by atoms with Gasteiger partial charge in [-0.25, -0.2) is 4.39 Å². The van der Waals surface area contributed by atoms with E-state index in [1.807, 2.05) is 0 Å². The van der Waals surface area contributed by atoms with Gasteiger partial charge in [0, 0.05) is 23.1 Å². The van der Waals surface area contributed by atoms with Crippen molar-refractivity contribution >= 4 is 15.9 Å². The number of aliphatic hydroxyl groups excluding tert-OH is 1. The molecule has 0 aliphatic heterocycles. The third kappa shape index (κ3) is 3.74. The fourth-order valence-corrected chi connectivity index (χ4v) is 1.50. The fourth-order valence-electron chi connectivity index (χ4n) is 1.09. The largest absolute Gasteiger partial charge is 0.392 e. The molecule has 1 aromatic rings. The van der Waals surface area contributed by atoms with Gasteiger partial charge in [-0.05, 0) is 25.1 Å². The molecule has 0 aliphatic carbocycles. The van der Waals surface area contributed by atoms with Crippen molar-refractivity contribution in [2.45, 2.75) is 19.6 Å². The minimum atomic E-state index is -0.412. The van der Waals surface area contributed by atoms with Crippen LogP contribution in [0.3, 0.4) is 0 Å². The second-order valence-electron chi connectivity index (χ2n) is 3.22. The zero-order chi connectivity index (χ0) is 10.6. The lowest BCUT2D eigenvalue weighted by atomic mass is 10.2. The van der Waals surface area contributed by atoms with E-state index >= 15 is 0 Å². The lowest BCUT2D eigenvalue weighted by molar-refractivity contribution is 0.191. The van der Waals surface area contributed by atoms with E-state index in [0.717, 1.165) is 4.47 Å². The van der Waals surface area contributed by atoms with Gasteiger partial charge >= 0.3 is 0 Å². The molecule has 1 aromatic carbocycles. The van der Waals surface area contributed by atoms with Crippen molar-refractivity contribution in [3.05, 3.63) is 34.1 Å². The van der Waals surface area contributed by atoms with E-state index in [2.05, 4.69) is 21.2 Å². The standard InChI is InChI=1S/C10H13BrFNO/c1-7(14)5-13-6-8-4-9(11)2-3-10(8)12/h2-4,7,13-14H,5-6H2,1H3/t7-/m0/s1. The monoisotopic (exact) mass is 261 g/mol. The van der Waals surface area contributed by atoms with E-state index in [-0.39, 0.29) is 5.82 Å². The first kappa shape index (κ1) is 11.6. The van der Waals surface area contributed by atoms with E-state index in [1.165, 1.54) is 6.07 Å². The first-order chi connectivity index (χ1) is 6.59. The van der Waals surface area contributed by atoms with Crippen molar-refractivity contribution in [3.8, 4) is 0 Å². The van der Waals surface area contributed by atoms with Crippen LogP contribution in [0, 0.1) is 5.82 Å². The molecule has 0 aliphatic rings. The molecule has 0 spiro atoms. The van der Waals surface area contributed by atoms with Gasteiger partial charge in [0.25, 0.3) is 0 Å². The molecule has 14 heavy (non-hydrogen) atoms. The van der Waals surface area contributed by atoms with Gasteiger partial charge in [0.1, 0.15) is 5.82 Å². The van der Waals surface area contributed by atoms with Crippen LogP contribution >= 0.6 is 15.9 Å². The van der Waals surface area contributed by atoms with Crippen molar-refractivity contribution in [1.29, 1.82) is 0 Å². The highest BCUT2D eigenvalue weighted by Gasteiger charge is 2.02. The van der Waals surface area contributed by atoms with Crippen molar-refractivity contribution in [1.82, 2.24) is 5.32 Å². The number of benzene rings is 1. The molecule has 4 heteroatoms. The highest BCUT2D eigenvalue weighted by Crippen LogP contribution is 2.15. The average Bonchev–Trinajstić information content (AvgIpc) is 2.10. The quantitative estimate of drug-likeness (QED) is 0.870. The third-order valence-corrected chi connectivity index (χ3v) is 2.26. The van der Waals surface area contributed by atoms with Gasteiger partial charge in [-0.2, -0.15) is 0 Å². The van der Waals surface area contributed by atoms with Gasteiger partial charge in [0.2, 0.25) is 0 Å². The topological polar surface area (TPSA) is 32.3 Å². The molecule has 2 N–H and O–H groups in total. The maximum absolute atomic E-state index is 13.2. The molecular weight excluding hydrogens is 249 g/mol. The fraction of sp³-hybridized carbons (Fsp3) is 0.400. The van der Waals surface area contributed by atoms with Crippen molar-refractivity contribution in [2.24, 2.45) is 0 Å². The number of halogens is 2. The molecule has 0 unspecified atom stereocenters. The predicted octanol–water partition coefficient (Wildman–Crippen LogP) is 2.06. The second kappa shape index (κ2) is 5.44. The van der Waals surface area contributed by atoms with Crippen LogP contribution in [0.4, 0.5) is 4.39 Å². The molecule has 0 fully saturated rings. The van der Waals surface area contributed by atoms with Crippen LogP contribution in [-0.2, 0) is 6.54 Å². The first-order valence-corrected chi connectivity index (χ1v) is 5.21. The van der Waals surface area contributed by atoms with Crippen LogP contribution in [0.2, 0.25) is 0 Å². The average molecular weight is 262 g/mol. The Morgan fingerprint density at radius 2 is 2.29 bits per heavy atom. The first-order valence-electron chi connectivity index (χ1n) is 4.42. The van der Waals surface area contributed by atoms with Crippen LogP contribution in [0.5, 0.6) is 0 Å². The molecule has 0 amide bonds. The van der Waals surface area contributed by atoms with Gasteiger partial charge in [-0.3, -0.25) is 0 Å². The molecule has 0 heterocycles. The molecule has 2 nitrogen and oxygen atoms in total. The molecule has 0 saturated heterocycles. The van der Waals surface area contributed by atoms with Crippen LogP contribution in [0.25, 0.3) is 0 Å². The van der Waals surface area contributed by atoms with Crippen molar-refractivity contribution < 1.29 is 9.50 Å². The van der Waals surface area contributed by atoms with E-state index in [4.69, 9.17) is 5.11 Å². The summed E-state index contributed by atoms with van der Waals surface area (Å²) < 4.78 is 14.0. The van der Waals surface area contributed by atoms with Crippen molar-refractivity contribution in [2.75, 3.05) is 6.54 Å². The molecule has 0 radical (unpaired) electrons. The highest BCUT2D eigenvalue weighted by molar-refractivity contribution is 9.10. The minimum absolute atomic E-state index is 0.230. The maximum atomic E-state index is 13.2. The summed E-state index contributed by atoms with van der Waals surface area (Å²) in [4.78, 5) is 0. The zero-order valence-electron chi connectivity index (χ0n) is 7.93. The summed E-state index contributed by atoms with van der Waals surface area (Å²) in [6, 6.07) is 4.81. The number of hydrogen-bond acceptors (Lipinski definition) is 2. The van der Waals surface area contributed by atoms with Crippen LogP contribution in [0.15, 0.2) is 22.7 Å². The van der Waals surface area contributed by atoms with Gasteiger partial charge in [-0.1, -0.05) is 15.9 Å². The van der Waals surface area contributed by atoms with E-state index in [0.29, 0.717) is 18.7 Å². The Balaban J connectivity index is 2.53. The number of nitrogens with one attached hydrogen (secondary N) is 1. The molecule has 0 bridgehead atoms. The zero-order valence-corrected chi connectivity index (χ0v) is 9.51. The van der Waals surface area contributed by atoms with Gasteiger partial charge in [0.15, 0.2) is 0 Å². The predicted molar refractivity (Wildman–Crippen MR) is 57.5 cm³/mol. The number of rotatable bonds is 4. The van der Waals surface area contributed by atoms with Crippen LogP contribution in [0.1, 0.15) is 12.5 Å². The Morgan fingerprint density at radius 3 is 2.93 bits per heavy atom. The molecule has 0 aromatic heterocycles. The normalized spacial score (nSPS) is 12.9. The Bertz CT molecular complexity index is 304. The molecule has 1 rings (SSSR count). The lowest BCUT2D eigenvalue weighted by Crippen LogP contribution is -2.24. The van der Waals surface area contributed by atoms with Crippen LogP contribution in [-0.4, -0.2) is 17.8 Å². The summed E-state index contributed by atoms with van der Waals surface area (Å²) in [5.41, 5.74) is 0.597. The Hall–Kier alpha value is -0.450. The Morgan fingerprint density at radius 1 is 1.57 bits per heavy atom. The van der Waals surface area contributed by atoms with Crippen molar-refractivity contribution in [3.63, 3.8) is 0 Å². The molecule has 78 valence electrons. The van der Waals surface area contributed by atoms with Gasteiger partial charge < -0.3 is 10.4 Å². The summed E-state index contributed by atoms with van der Waals surface area (Å²) in [6.45, 7) is 2.58. The van der Waals surface area contributed by atoms with E-state index in [1.54, 1.807) is 19.1 Å². The summed E-state index contributed by atoms with van der Waals surface area (Å²) in [5.74, 6) is -0.230. The van der Waals surface area contributed by atoms with Gasteiger partial charge in [0.05, 0.1) is 6.10 Å². The molecular formula is C10H13BrFNO. The highest BCUT2D eigenvalue weighted by atomic mass is 79.9. The Kier molecular flexibility index (Phi) is 4.51. The Labute approximate surface area is 91.3 Å². The van der Waals surface area contributed by atoms with Gasteiger partial charge in [-0.15, -0.1) is 0 Å². The summed E-state index contributed by atoms with van der Waals surface area (Å²) >= 11 is 3.27. The number of aliphatic hydroxyl groups is 1. The summed E-state index contributed by atoms with van der Waals surface area (Å²) in [7, 11) is 0. The second-order valence-corrected chi connectivity index (χ2v) is 4.13. The molecule has 1 atom stereocenters. The SMILES string of the molecule is C[C@H](O)CNCc1cc(Br)ccc1F. The summed E-state index contributed by atoms with van der Waals surface area (Å²) in [5, 5.41) is 11.9. The third-order valence-electron chi connectivity index (χ3n) is 1.76. The lowest BCUT2D eigenvalue weighted by Gasteiger charge is -2.07. The summed E-state index contributed by atoms with van der Waals surface area (Å²) in [6.07, 6.45) is -0.412. The molecule has 0 saturated carbocycles. The minimum Gasteiger partial charge on any atom is -0.392 e. The van der Waals surface area contributed by atoms with E-state index < -0.39 is 6.10 Å². The van der Waals surface area contributed by atoms with Crippen LogP contribution < -0.4 is 5.32 Å². The number of hydrogen-bond donors (Lipinski definition) is 2. The van der Waals surface area contributed by atoms with E-state index in [9.17, 15) is 4.39 Å². The maximum Gasteiger partial charge on any atom is 0.127 e. The smallest absolute Gasteiger partial charge is 0.127 e.